The third-order valence-corrected chi connectivity index (χ3v) is 4.10. The number of benzene rings is 2. The quantitative estimate of drug-likeness (QED) is 0.751. The highest BCUT2D eigenvalue weighted by Crippen LogP contribution is 2.30. The summed E-state index contributed by atoms with van der Waals surface area (Å²) in [6.45, 7) is -3.01. The molecule has 0 spiro atoms. The molecule has 5 nitrogen and oxygen atoms in total. The van der Waals surface area contributed by atoms with Crippen LogP contribution in [0.2, 0.25) is 0 Å². The molecule has 0 unspecified atom stereocenters. The first kappa shape index (κ1) is 16.1. The van der Waals surface area contributed by atoms with E-state index < -0.39 is 12.5 Å². The molecule has 0 saturated carbocycles. The molecule has 0 aliphatic heterocycles. The third-order valence-electron chi connectivity index (χ3n) is 3.16. The Morgan fingerprint density at radius 3 is 2.79 bits per heavy atom. The maximum Gasteiger partial charge on any atom is 0.387 e. The van der Waals surface area contributed by atoms with Gasteiger partial charge in [0.05, 0.1) is 22.9 Å². The van der Waals surface area contributed by atoms with E-state index in [-0.39, 0.29) is 11.3 Å². The fraction of sp³-hybridized carbons (Fsp3) is 0.125. The normalized spacial score (nSPS) is 10.8. The van der Waals surface area contributed by atoms with Crippen LogP contribution in [-0.4, -0.2) is 24.6 Å². The zero-order valence-electron chi connectivity index (χ0n) is 12.5. The van der Waals surface area contributed by atoms with E-state index in [9.17, 15) is 13.6 Å². The Kier molecular flexibility index (Phi) is 4.57. The van der Waals surface area contributed by atoms with Crippen molar-refractivity contribution in [1.82, 2.24) is 4.98 Å². The van der Waals surface area contributed by atoms with E-state index in [0.717, 1.165) is 4.70 Å². The molecule has 1 amide bonds. The fourth-order valence-corrected chi connectivity index (χ4v) is 2.99. The maximum atomic E-state index is 12.4. The lowest BCUT2D eigenvalue weighted by Crippen LogP contribution is -2.14. The van der Waals surface area contributed by atoms with Crippen LogP contribution in [0.5, 0.6) is 11.5 Å². The number of halogens is 2. The summed E-state index contributed by atoms with van der Waals surface area (Å²) in [5.41, 5.74) is 0.711. The van der Waals surface area contributed by atoms with Crippen molar-refractivity contribution in [3.63, 3.8) is 0 Å². The number of amides is 1. The first-order valence-corrected chi connectivity index (χ1v) is 7.68. The van der Waals surface area contributed by atoms with E-state index in [1.165, 1.54) is 29.5 Å². The van der Waals surface area contributed by atoms with Gasteiger partial charge in [0.1, 0.15) is 11.5 Å². The van der Waals surface area contributed by atoms with E-state index in [4.69, 9.17) is 4.74 Å². The molecule has 0 saturated heterocycles. The first-order chi connectivity index (χ1) is 11.6. The van der Waals surface area contributed by atoms with Crippen LogP contribution in [0.25, 0.3) is 10.2 Å². The van der Waals surface area contributed by atoms with Crippen molar-refractivity contribution in [2.75, 3.05) is 12.4 Å². The van der Waals surface area contributed by atoms with Gasteiger partial charge in [-0.2, -0.15) is 8.78 Å². The molecule has 8 heteroatoms. The van der Waals surface area contributed by atoms with Crippen LogP contribution in [-0.2, 0) is 0 Å². The summed E-state index contributed by atoms with van der Waals surface area (Å²) in [5, 5.41) is 2.96. The number of nitrogens with one attached hydrogen (secondary N) is 1. The Labute approximate surface area is 139 Å². The van der Waals surface area contributed by atoms with Gasteiger partial charge in [-0.05, 0) is 30.3 Å². The van der Waals surface area contributed by atoms with Gasteiger partial charge >= 0.3 is 6.61 Å². The molecule has 1 aromatic heterocycles. The number of alkyl halides is 2. The average Bonchev–Trinajstić information content (AvgIpc) is 2.95. The van der Waals surface area contributed by atoms with Gasteiger partial charge in [-0.25, -0.2) is 4.98 Å². The summed E-state index contributed by atoms with van der Waals surface area (Å²) in [7, 11) is 1.56. The number of hydrogen-bond acceptors (Lipinski definition) is 5. The van der Waals surface area contributed by atoms with Gasteiger partial charge in [-0.3, -0.25) is 10.1 Å². The Bertz CT molecular complexity index is 883. The maximum absolute atomic E-state index is 12.4. The van der Waals surface area contributed by atoms with Crippen molar-refractivity contribution in [2.24, 2.45) is 0 Å². The molecule has 0 atom stereocenters. The topological polar surface area (TPSA) is 60.5 Å². The van der Waals surface area contributed by atoms with Crippen LogP contribution in [0.4, 0.5) is 13.9 Å². The molecular formula is C16H12F2N2O3S. The van der Waals surface area contributed by atoms with Crippen LogP contribution in [0.3, 0.4) is 0 Å². The number of para-hydroxylation sites is 1. The van der Waals surface area contributed by atoms with E-state index >= 15 is 0 Å². The van der Waals surface area contributed by atoms with Crippen molar-refractivity contribution in [1.29, 1.82) is 0 Å². The lowest BCUT2D eigenvalue weighted by molar-refractivity contribution is -0.0501. The highest BCUT2D eigenvalue weighted by Gasteiger charge is 2.17. The van der Waals surface area contributed by atoms with Gasteiger partial charge < -0.3 is 9.47 Å². The molecule has 0 aliphatic rings. The molecule has 0 aliphatic carbocycles. The van der Waals surface area contributed by atoms with Crippen LogP contribution in [0.15, 0.2) is 42.5 Å². The fourth-order valence-electron chi connectivity index (χ4n) is 2.10. The number of methoxy groups -OCH3 is 1. The molecule has 3 rings (SSSR count). The largest absolute Gasteiger partial charge is 0.497 e. The predicted octanol–water partition coefficient (Wildman–Crippen LogP) is 4.16. The lowest BCUT2D eigenvalue weighted by Gasteiger charge is -2.09. The molecule has 24 heavy (non-hydrogen) atoms. The van der Waals surface area contributed by atoms with Gasteiger partial charge in [-0.1, -0.05) is 23.5 Å². The van der Waals surface area contributed by atoms with Gasteiger partial charge in [-0.15, -0.1) is 0 Å². The number of carbonyl (C=O) groups excluding carboxylic acids is 1. The van der Waals surface area contributed by atoms with Crippen LogP contribution in [0, 0.1) is 0 Å². The van der Waals surface area contributed by atoms with Crippen molar-refractivity contribution in [3.05, 3.63) is 48.0 Å². The number of ether oxygens (including phenoxy) is 2. The van der Waals surface area contributed by atoms with E-state index in [0.29, 0.717) is 16.4 Å². The summed E-state index contributed by atoms with van der Waals surface area (Å²) < 4.78 is 35.2. The second-order valence-corrected chi connectivity index (χ2v) is 5.71. The third kappa shape index (κ3) is 3.43. The second kappa shape index (κ2) is 6.79. The van der Waals surface area contributed by atoms with Gasteiger partial charge in [0.15, 0.2) is 5.13 Å². The number of nitrogens with zero attached hydrogens (tertiary/aromatic N) is 1. The number of aromatic nitrogens is 1. The number of fused-ring (bicyclic) bond motifs is 1. The van der Waals surface area contributed by atoms with Crippen LogP contribution < -0.4 is 14.8 Å². The summed E-state index contributed by atoms with van der Waals surface area (Å²) in [4.78, 5) is 16.6. The molecule has 3 aromatic rings. The Balaban J connectivity index is 1.85. The van der Waals surface area contributed by atoms with Crippen molar-refractivity contribution in [3.8, 4) is 11.5 Å². The van der Waals surface area contributed by atoms with Gasteiger partial charge in [0.2, 0.25) is 0 Å². The Morgan fingerprint density at radius 1 is 1.25 bits per heavy atom. The van der Waals surface area contributed by atoms with Gasteiger partial charge in [0, 0.05) is 0 Å². The number of anilines is 1. The highest BCUT2D eigenvalue weighted by molar-refractivity contribution is 7.22. The molecule has 0 radical (unpaired) electrons. The second-order valence-electron chi connectivity index (χ2n) is 4.68. The minimum Gasteiger partial charge on any atom is -0.497 e. The van der Waals surface area contributed by atoms with E-state index in [1.807, 2.05) is 0 Å². The summed E-state index contributed by atoms with van der Waals surface area (Å²) >= 11 is 1.26. The molecule has 1 N–H and O–H groups in total. The van der Waals surface area contributed by atoms with Gasteiger partial charge in [0.25, 0.3) is 5.91 Å². The van der Waals surface area contributed by atoms with E-state index in [1.54, 1.807) is 31.4 Å². The molecule has 1 heterocycles. The zero-order chi connectivity index (χ0) is 17.1. The summed E-state index contributed by atoms with van der Waals surface area (Å²) in [6.07, 6.45) is 0. The smallest absolute Gasteiger partial charge is 0.387 e. The zero-order valence-corrected chi connectivity index (χ0v) is 13.3. The first-order valence-electron chi connectivity index (χ1n) is 6.86. The number of thiazole rings is 1. The number of carbonyl (C=O) groups is 1. The summed E-state index contributed by atoms with van der Waals surface area (Å²) in [5.74, 6) is -0.0789. The Hall–Kier alpha value is -2.74. The minimum atomic E-state index is -3.01. The lowest BCUT2D eigenvalue weighted by atomic mass is 10.2. The van der Waals surface area contributed by atoms with Crippen molar-refractivity contribution >= 4 is 32.6 Å². The molecule has 0 fully saturated rings. The van der Waals surface area contributed by atoms with Crippen molar-refractivity contribution in [2.45, 2.75) is 6.61 Å². The molecular weight excluding hydrogens is 338 g/mol. The predicted molar refractivity (Wildman–Crippen MR) is 87.2 cm³/mol. The number of rotatable bonds is 5. The standard InChI is InChI=1S/C16H12F2N2O3S/c1-22-9-6-7-11-13(8-9)24-16(19-11)20-14(21)10-4-2-3-5-12(10)23-15(17)18/h2-8,15H,1H3,(H,19,20,21). The van der Waals surface area contributed by atoms with Crippen LogP contribution in [0.1, 0.15) is 10.4 Å². The van der Waals surface area contributed by atoms with Crippen LogP contribution >= 0.6 is 11.3 Å². The SMILES string of the molecule is COc1ccc2nc(NC(=O)c3ccccc3OC(F)F)sc2c1. The highest BCUT2D eigenvalue weighted by atomic mass is 32.1. The Morgan fingerprint density at radius 2 is 2.04 bits per heavy atom. The monoisotopic (exact) mass is 350 g/mol. The average molecular weight is 350 g/mol. The van der Waals surface area contributed by atoms with Crippen molar-refractivity contribution < 1.29 is 23.0 Å². The van der Waals surface area contributed by atoms with E-state index in [2.05, 4.69) is 15.0 Å². The molecule has 0 bridgehead atoms. The molecule has 124 valence electrons. The molecule has 2 aromatic carbocycles. The summed E-state index contributed by atoms with van der Waals surface area (Å²) in [6, 6.07) is 11.1. The number of hydrogen-bond donors (Lipinski definition) is 1. The minimum absolute atomic E-state index is 0.00892.